The summed E-state index contributed by atoms with van der Waals surface area (Å²) in [7, 11) is 0. The van der Waals surface area contributed by atoms with E-state index < -0.39 is 0 Å². The van der Waals surface area contributed by atoms with Gasteiger partial charge in [-0.1, -0.05) is 57.2 Å². The van der Waals surface area contributed by atoms with E-state index in [1.807, 2.05) is 12.1 Å². The number of furan rings is 1. The summed E-state index contributed by atoms with van der Waals surface area (Å²) in [4.78, 5) is 0. The van der Waals surface area contributed by atoms with E-state index in [9.17, 15) is 0 Å². The summed E-state index contributed by atoms with van der Waals surface area (Å²) >= 11 is 0. The van der Waals surface area contributed by atoms with E-state index in [0.29, 0.717) is 11.6 Å². The van der Waals surface area contributed by atoms with E-state index in [0.717, 1.165) is 16.4 Å². The molecular formula is C16H16O. The summed E-state index contributed by atoms with van der Waals surface area (Å²) in [6, 6.07) is 12.4. The summed E-state index contributed by atoms with van der Waals surface area (Å²) in [6.45, 7) is 6.53. The SMILES string of the molecule is [2H]c1cccc2c1oc1c(C(C)(C)C)cccc12. The molecule has 0 spiro atoms. The van der Waals surface area contributed by atoms with Gasteiger partial charge in [0.2, 0.25) is 0 Å². The van der Waals surface area contributed by atoms with Crippen LogP contribution in [0.1, 0.15) is 27.7 Å². The molecule has 0 saturated heterocycles. The molecule has 17 heavy (non-hydrogen) atoms. The number of benzene rings is 2. The van der Waals surface area contributed by atoms with Crippen molar-refractivity contribution in [1.82, 2.24) is 0 Å². The van der Waals surface area contributed by atoms with E-state index in [1.54, 1.807) is 6.07 Å². The van der Waals surface area contributed by atoms with Gasteiger partial charge in [0, 0.05) is 16.3 Å². The Morgan fingerprint density at radius 1 is 1.00 bits per heavy atom. The number of hydrogen-bond acceptors (Lipinski definition) is 1. The third-order valence-electron chi connectivity index (χ3n) is 3.14. The van der Waals surface area contributed by atoms with Crippen molar-refractivity contribution in [3.05, 3.63) is 48.0 Å². The van der Waals surface area contributed by atoms with E-state index in [4.69, 9.17) is 5.79 Å². The second kappa shape index (κ2) is 3.36. The Morgan fingerprint density at radius 2 is 1.76 bits per heavy atom. The van der Waals surface area contributed by atoms with Crippen LogP contribution < -0.4 is 0 Å². The van der Waals surface area contributed by atoms with Crippen LogP contribution in [0.5, 0.6) is 0 Å². The topological polar surface area (TPSA) is 13.1 Å². The molecule has 0 radical (unpaired) electrons. The van der Waals surface area contributed by atoms with Crippen LogP contribution in [0, 0.1) is 0 Å². The zero-order valence-electron chi connectivity index (χ0n) is 11.4. The molecule has 0 amide bonds. The van der Waals surface area contributed by atoms with Crippen LogP contribution in [0.3, 0.4) is 0 Å². The predicted octanol–water partition coefficient (Wildman–Crippen LogP) is 4.88. The van der Waals surface area contributed by atoms with Crippen LogP contribution in [0.15, 0.2) is 46.9 Å². The van der Waals surface area contributed by atoms with Crippen molar-refractivity contribution in [2.75, 3.05) is 0 Å². The quantitative estimate of drug-likeness (QED) is 0.531. The highest BCUT2D eigenvalue weighted by Gasteiger charge is 2.19. The van der Waals surface area contributed by atoms with Gasteiger partial charge in [-0.05, 0) is 11.5 Å². The van der Waals surface area contributed by atoms with Gasteiger partial charge in [-0.15, -0.1) is 0 Å². The molecule has 1 heterocycles. The minimum absolute atomic E-state index is 0.0373. The molecular weight excluding hydrogens is 208 g/mol. The zero-order valence-corrected chi connectivity index (χ0v) is 10.4. The van der Waals surface area contributed by atoms with Gasteiger partial charge in [-0.3, -0.25) is 0 Å². The summed E-state index contributed by atoms with van der Waals surface area (Å²) in [5.41, 5.74) is 2.83. The average Bonchev–Trinajstić information content (AvgIpc) is 2.68. The Bertz CT molecular complexity index is 732. The fourth-order valence-corrected chi connectivity index (χ4v) is 2.27. The van der Waals surface area contributed by atoms with Crippen molar-refractivity contribution in [2.24, 2.45) is 0 Å². The molecule has 1 heteroatoms. The monoisotopic (exact) mass is 225 g/mol. The largest absolute Gasteiger partial charge is 0.456 e. The normalized spacial score (nSPS) is 13.2. The van der Waals surface area contributed by atoms with E-state index >= 15 is 0 Å². The van der Waals surface area contributed by atoms with Gasteiger partial charge in [0.1, 0.15) is 11.2 Å². The summed E-state index contributed by atoms with van der Waals surface area (Å²) in [5, 5.41) is 2.13. The first kappa shape index (κ1) is 9.29. The third kappa shape index (κ3) is 1.54. The van der Waals surface area contributed by atoms with E-state index in [-0.39, 0.29) is 5.41 Å². The molecule has 0 unspecified atom stereocenters. The summed E-state index contributed by atoms with van der Waals surface area (Å²) in [5.74, 6) is 0. The molecule has 1 nitrogen and oxygen atoms in total. The number of fused-ring (bicyclic) bond motifs is 3. The van der Waals surface area contributed by atoms with Crippen LogP contribution in [-0.4, -0.2) is 0 Å². The minimum atomic E-state index is 0.0373. The molecule has 0 atom stereocenters. The third-order valence-corrected chi connectivity index (χ3v) is 3.14. The highest BCUT2D eigenvalue weighted by Crippen LogP contribution is 2.35. The molecule has 0 fully saturated rings. The van der Waals surface area contributed by atoms with E-state index in [2.05, 4.69) is 39.0 Å². The lowest BCUT2D eigenvalue weighted by Crippen LogP contribution is -2.10. The van der Waals surface area contributed by atoms with Crippen LogP contribution >= 0.6 is 0 Å². The molecule has 0 aliphatic carbocycles. The van der Waals surface area contributed by atoms with Crippen molar-refractivity contribution in [3.63, 3.8) is 0 Å². The van der Waals surface area contributed by atoms with Crippen molar-refractivity contribution < 1.29 is 5.79 Å². The summed E-state index contributed by atoms with van der Waals surface area (Å²) in [6.07, 6.45) is 0. The van der Waals surface area contributed by atoms with Gasteiger partial charge in [-0.25, -0.2) is 0 Å². The first-order chi connectivity index (χ1) is 8.48. The lowest BCUT2D eigenvalue weighted by atomic mass is 9.86. The maximum Gasteiger partial charge on any atom is 0.139 e. The lowest BCUT2D eigenvalue weighted by Gasteiger charge is -2.18. The van der Waals surface area contributed by atoms with Crippen LogP contribution in [-0.2, 0) is 5.41 Å². The number of rotatable bonds is 0. The van der Waals surface area contributed by atoms with Crippen molar-refractivity contribution in [2.45, 2.75) is 26.2 Å². The number of hydrogen-bond donors (Lipinski definition) is 0. The second-order valence-electron chi connectivity index (χ2n) is 5.45. The van der Waals surface area contributed by atoms with Crippen LogP contribution in [0.4, 0.5) is 0 Å². The van der Waals surface area contributed by atoms with Crippen molar-refractivity contribution in [3.8, 4) is 0 Å². The zero-order chi connectivity index (χ0) is 12.9. The van der Waals surface area contributed by atoms with Gasteiger partial charge in [0.05, 0.1) is 1.37 Å². The molecule has 0 aliphatic rings. The Balaban J connectivity index is 2.50. The Hall–Kier alpha value is -1.76. The van der Waals surface area contributed by atoms with Crippen molar-refractivity contribution in [1.29, 1.82) is 0 Å². The van der Waals surface area contributed by atoms with Crippen LogP contribution in [0.25, 0.3) is 21.9 Å². The molecule has 1 aromatic heterocycles. The summed E-state index contributed by atoms with van der Waals surface area (Å²) < 4.78 is 13.9. The maximum atomic E-state index is 7.93. The standard InChI is InChI=1S/C16H16O/c1-16(2,3)13-9-6-8-12-11-7-4-5-10-14(11)17-15(12)13/h4-10H,1-3H3/i10D. The van der Waals surface area contributed by atoms with Gasteiger partial charge >= 0.3 is 0 Å². The molecule has 86 valence electrons. The lowest BCUT2D eigenvalue weighted by molar-refractivity contribution is 0.573. The van der Waals surface area contributed by atoms with Gasteiger partial charge in [0.25, 0.3) is 0 Å². The first-order valence-corrected chi connectivity index (χ1v) is 5.90. The maximum absolute atomic E-state index is 7.93. The van der Waals surface area contributed by atoms with E-state index in [1.165, 1.54) is 5.56 Å². The van der Waals surface area contributed by atoms with Gasteiger partial charge in [0.15, 0.2) is 0 Å². The molecule has 0 N–H and O–H groups in total. The second-order valence-corrected chi connectivity index (χ2v) is 5.45. The fraction of sp³-hybridized carbons (Fsp3) is 0.250. The molecule has 0 bridgehead atoms. The first-order valence-electron chi connectivity index (χ1n) is 6.40. The smallest absolute Gasteiger partial charge is 0.139 e. The average molecular weight is 225 g/mol. The predicted molar refractivity (Wildman–Crippen MR) is 72.4 cm³/mol. The Kier molecular flexibility index (Phi) is 1.84. The molecule has 3 aromatic rings. The molecule has 0 saturated carbocycles. The Morgan fingerprint density at radius 3 is 2.53 bits per heavy atom. The minimum Gasteiger partial charge on any atom is -0.456 e. The van der Waals surface area contributed by atoms with Crippen LogP contribution in [0.2, 0.25) is 0 Å². The highest BCUT2D eigenvalue weighted by molar-refractivity contribution is 6.05. The molecule has 2 aromatic carbocycles. The molecule has 3 rings (SSSR count). The highest BCUT2D eigenvalue weighted by atomic mass is 16.3. The number of para-hydroxylation sites is 2. The fourth-order valence-electron chi connectivity index (χ4n) is 2.27. The Labute approximate surface area is 102 Å². The van der Waals surface area contributed by atoms with Gasteiger partial charge in [-0.2, -0.15) is 0 Å². The molecule has 0 aliphatic heterocycles. The van der Waals surface area contributed by atoms with Gasteiger partial charge < -0.3 is 4.42 Å². The van der Waals surface area contributed by atoms with Crippen molar-refractivity contribution >= 4 is 21.9 Å².